The van der Waals surface area contributed by atoms with Crippen LogP contribution in [-0.2, 0) is 0 Å². The highest BCUT2D eigenvalue weighted by molar-refractivity contribution is 5.79. The van der Waals surface area contributed by atoms with E-state index in [1.165, 1.54) is 25.9 Å². The van der Waals surface area contributed by atoms with Gasteiger partial charge in [-0.2, -0.15) is 0 Å². The molecule has 0 radical (unpaired) electrons. The number of nitrogens with zero attached hydrogens (tertiary/aromatic N) is 4. The number of benzene rings is 1. The molecule has 1 aliphatic heterocycles. The lowest BCUT2D eigenvalue weighted by molar-refractivity contribution is 0.222. The fraction of sp³-hybridized carbons (Fsp3) is 0.500. The molecule has 0 amide bonds. The monoisotopic (exact) mass is 285 g/mol. The number of piperidine rings is 1. The summed E-state index contributed by atoms with van der Waals surface area (Å²) in [6, 6.07) is 7.86. The SMILES string of the molecule is CN1CCC(CN(C)c2nc3ccccc3nc2N)CC1. The van der Waals surface area contributed by atoms with E-state index in [1.54, 1.807) is 0 Å². The van der Waals surface area contributed by atoms with Gasteiger partial charge in [-0.15, -0.1) is 0 Å². The lowest BCUT2D eigenvalue weighted by Gasteiger charge is -2.32. The Kier molecular flexibility index (Phi) is 3.92. The van der Waals surface area contributed by atoms with Crippen LogP contribution in [0.1, 0.15) is 12.8 Å². The first-order valence-corrected chi connectivity index (χ1v) is 7.55. The molecule has 2 N–H and O–H groups in total. The Labute approximate surface area is 125 Å². The Morgan fingerprint density at radius 2 is 1.81 bits per heavy atom. The minimum atomic E-state index is 0.518. The van der Waals surface area contributed by atoms with E-state index in [2.05, 4.69) is 33.9 Å². The van der Waals surface area contributed by atoms with E-state index < -0.39 is 0 Å². The molecule has 1 saturated heterocycles. The average Bonchev–Trinajstić information content (AvgIpc) is 2.49. The van der Waals surface area contributed by atoms with Gasteiger partial charge >= 0.3 is 0 Å². The van der Waals surface area contributed by atoms with Crippen molar-refractivity contribution in [2.24, 2.45) is 5.92 Å². The van der Waals surface area contributed by atoms with E-state index in [1.807, 2.05) is 24.3 Å². The van der Waals surface area contributed by atoms with Gasteiger partial charge in [0.2, 0.25) is 0 Å². The van der Waals surface area contributed by atoms with Crippen LogP contribution in [0.2, 0.25) is 0 Å². The van der Waals surface area contributed by atoms with Crippen LogP contribution in [0.15, 0.2) is 24.3 Å². The smallest absolute Gasteiger partial charge is 0.171 e. The van der Waals surface area contributed by atoms with Gasteiger partial charge in [0, 0.05) is 13.6 Å². The average molecular weight is 285 g/mol. The van der Waals surface area contributed by atoms with Gasteiger partial charge in [0.15, 0.2) is 11.6 Å². The lowest BCUT2D eigenvalue weighted by atomic mass is 9.97. The number of para-hydroxylation sites is 2. The Hall–Kier alpha value is -1.88. The molecule has 5 nitrogen and oxygen atoms in total. The van der Waals surface area contributed by atoms with Crippen molar-refractivity contribution in [3.8, 4) is 0 Å². The van der Waals surface area contributed by atoms with Gasteiger partial charge in [-0.05, 0) is 51.0 Å². The maximum absolute atomic E-state index is 6.09. The molecular weight excluding hydrogens is 262 g/mol. The molecule has 21 heavy (non-hydrogen) atoms. The highest BCUT2D eigenvalue weighted by Crippen LogP contribution is 2.24. The van der Waals surface area contributed by atoms with Crippen molar-refractivity contribution in [1.82, 2.24) is 14.9 Å². The summed E-state index contributed by atoms with van der Waals surface area (Å²) >= 11 is 0. The first-order valence-electron chi connectivity index (χ1n) is 7.55. The molecule has 1 aromatic heterocycles. The van der Waals surface area contributed by atoms with E-state index in [-0.39, 0.29) is 0 Å². The summed E-state index contributed by atoms with van der Waals surface area (Å²) in [5.74, 6) is 2.02. The predicted molar refractivity (Wildman–Crippen MR) is 87.4 cm³/mol. The molecule has 112 valence electrons. The van der Waals surface area contributed by atoms with Gasteiger partial charge < -0.3 is 15.5 Å². The van der Waals surface area contributed by atoms with E-state index in [9.17, 15) is 0 Å². The zero-order valence-electron chi connectivity index (χ0n) is 12.8. The topological polar surface area (TPSA) is 58.3 Å². The van der Waals surface area contributed by atoms with Gasteiger partial charge in [0.05, 0.1) is 11.0 Å². The number of hydrogen-bond acceptors (Lipinski definition) is 5. The van der Waals surface area contributed by atoms with Crippen LogP contribution in [0.5, 0.6) is 0 Å². The van der Waals surface area contributed by atoms with Crippen LogP contribution in [-0.4, -0.2) is 48.6 Å². The third-order valence-electron chi connectivity index (χ3n) is 4.31. The minimum absolute atomic E-state index is 0.518. The molecule has 0 aliphatic carbocycles. The number of hydrogen-bond donors (Lipinski definition) is 1. The van der Waals surface area contributed by atoms with Crippen molar-refractivity contribution in [1.29, 1.82) is 0 Å². The number of fused-ring (bicyclic) bond motifs is 1. The third kappa shape index (κ3) is 3.08. The molecule has 0 saturated carbocycles. The Bertz CT molecular complexity index is 619. The second kappa shape index (κ2) is 5.85. The molecule has 0 bridgehead atoms. The van der Waals surface area contributed by atoms with Crippen LogP contribution < -0.4 is 10.6 Å². The van der Waals surface area contributed by atoms with E-state index in [0.29, 0.717) is 11.7 Å². The Balaban J connectivity index is 1.77. The second-order valence-electron chi connectivity index (χ2n) is 6.05. The van der Waals surface area contributed by atoms with E-state index >= 15 is 0 Å². The van der Waals surface area contributed by atoms with Gasteiger partial charge in [-0.3, -0.25) is 0 Å². The van der Waals surface area contributed by atoms with Crippen molar-refractivity contribution >= 4 is 22.7 Å². The molecule has 3 rings (SSSR count). The summed E-state index contributed by atoms with van der Waals surface area (Å²) in [6.07, 6.45) is 2.48. The largest absolute Gasteiger partial charge is 0.381 e. The van der Waals surface area contributed by atoms with Crippen molar-refractivity contribution in [2.75, 3.05) is 44.4 Å². The Morgan fingerprint density at radius 3 is 2.48 bits per heavy atom. The van der Waals surface area contributed by atoms with Gasteiger partial charge in [0.25, 0.3) is 0 Å². The van der Waals surface area contributed by atoms with Gasteiger partial charge in [0.1, 0.15) is 0 Å². The lowest BCUT2D eigenvalue weighted by Crippen LogP contribution is -2.36. The third-order valence-corrected chi connectivity index (χ3v) is 4.31. The predicted octanol–water partition coefficient (Wildman–Crippen LogP) is 1.99. The van der Waals surface area contributed by atoms with Crippen molar-refractivity contribution in [3.63, 3.8) is 0 Å². The molecule has 0 spiro atoms. The second-order valence-corrected chi connectivity index (χ2v) is 6.05. The minimum Gasteiger partial charge on any atom is -0.381 e. The van der Waals surface area contributed by atoms with Crippen molar-refractivity contribution in [3.05, 3.63) is 24.3 Å². The zero-order valence-corrected chi connectivity index (χ0v) is 12.8. The summed E-state index contributed by atoms with van der Waals surface area (Å²) in [5, 5.41) is 0. The molecular formula is C16H23N5. The van der Waals surface area contributed by atoms with Crippen LogP contribution in [0.4, 0.5) is 11.6 Å². The zero-order chi connectivity index (χ0) is 14.8. The van der Waals surface area contributed by atoms with E-state index in [0.717, 1.165) is 23.4 Å². The fourth-order valence-corrected chi connectivity index (χ4v) is 3.00. The van der Waals surface area contributed by atoms with Crippen LogP contribution >= 0.6 is 0 Å². The van der Waals surface area contributed by atoms with Crippen molar-refractivity contribution in [2.45, 2.75) is 12.8 Å². The molecule has 2 aromatic rings. The van der Waals surface area contributed by atoms with Crippen LogP contribution in [0, 0.1) is 5.92 Å². The van der Waals surface area contributed by atoms with Crippen molar-refractivity contribution < 1.29 is 0 Å². The summed E-state index contributed by atoms with van der Waals surface area (Å²) in [5.41, 5.74) is 7.84. The number of anilines is 2. The number of aromatic nitrogens is 2. The number of rotatable bonds is 3. The van der Waals surface area contributed by atoms with Crippen LogP contribution in [0.3, 0.4) is 0 Å². The quantitative estimate of drug-likeness (QED) is 0.934. The molecule has 0 unspecified atom stereocenters. The van der Waals surface area contributed by atoms with E-state index in [4.69, 9.17) is 5.73 Å². The molecule has 0 atom stereocenters. The number of likely N-dealkylation sites (tertiary alicyclic amines) is 1. The van der Waals surface area contributed by atoms with Crippen LogP contribution in [0.25, 0.3) is 11.0 Å². The maximum Gasteiger partial charge on any atom is 0.171 e. The molecule has 5 heteroatoms. The maximum atomic E-state index is 6.09. The molecule has 1 aromatic carbocycles. The summed E-state index contributed by atoms with van der Waals surface area (Å²) in [4.78, 5) is 13.7. The molecule has 1 aliphatic rings. The van der Waals surface area contributed by atoms with Gasteiger partial charge in [-0.25, -0.2) is 9.97 Å². The summed E-state index contributed by atoms with van der Waals surface area (Å²) < 4.78 is 0. The molecule has 1 fully saturated rings. The fourth-order valence-electron chi connectivity index (χ4n) is 3.00. The normalized spacial score (nSPS) is 17.2. The number of nitrogens with two attached hydrogens (primary N) is 1. The summed E-state index contributed by atoms with van der Waals surface area (Å²) in [6.45, 7) is 3.35. The first-order chi connectivity index (χ1) is 10.1. The highest BCUT2D eigenvalue weighted by Gasteiger charge is 2.20. The van der Waals surface area contributed by atoms with Gasteiger partial charge in [-0.1, -0.05) is 12.1 Å². The Morgan fingerprint density at radius 1 is 1.19 bits per heavy atom. The first kappa shape index (κ1) is 14.1. The highest BCUT2D eigenvalue weighted by atomic mass is 15.2. The summed E-state index contributed by atoms with van der Waals surface area (Å²) in [7, 11) is 4.25. The standard InChI is InChI=1S/C16H23N5/c1-20-9-7-12(8-10-20)11-21(2)16-15(17)18-13-5-3-4-6-14(13)19-16/h3-6,12H,7-11H2,1-2H3,(H2,17,18). The number of nitrogen functional groups attached to an aromatic ring is 1. The molecule has 2 heterocycles.